The molecule has 2 heterocycles. The molecular weight excluding hydrogens is 252 g/mol. The van der Waals surface area contributed by atoms with Crippen LogP contribution in [-0.4, -0.2) is 30.8 Å². The van der Waals surface area contributed by atoms with Crippen LogP contribution >= 0.6 is 0 Å². The normalized spacial score (nSPS) is 19.2. The minimum atomic E-state index is -0.676. The Bertz CT molecular complexity index is 423. The Hall–Kier alpha value is -1.43. The zero-order valence-corrected chi connectivity index (χ0v) is 11.0. The molecule has 0 spiro atoms. The van der Waals surface area contributed by atoms with Gasteiger partial charge in [-0.3, -0.25) is 0 Å². The number of halogens is 2. The molecule has 1 aliphatic heterocycles. The van der Waals surface area contributed by atoms with Crippen LogP contribution in [0.15, 0.2) is 6.07 Å². The van der Waals surface area contributed by atoms with Crippen LogP contribution in [0, 0.1) is 11.6 Å². The number of pyridine rings is 1. The van der Waals surface area contributed by atoms with Crippen LogP contribution in [0.25, 0.3) is 0 Å². The first-order chi connectivity index (χ1) is 9.20. The summed E-state index contributed by atoms with van der Waals surface area (Å²) in [5, 5.41) is 5.82. The van der Waals surface area contributed by atoms with Crippen molar-refractivity contribution in [2.75, 3.05) is 30.4 Å². The second-order valence-corrected chi connectivity index (χ2v) is 4.63. The van der Waals surface area contributed by atoms with Crippen molar-refractivity contribution >= 4 is 11.6 Å². The minimum Gasteiger partial charge on any atom is -0.379 e. The SMILES string of the molecule is CCCNc1nc(NC2CCCOC2)c(F)cc1F. The standard InChI is InChI=1S/C13H19F2N3O/c1-2-5-16-12-10(14)7-11(15)13(18-12)17-9-4-3-6-19-8-9/h7,9H,2-6,8H2,1H3,(H2,16,17,18). The minimum absolute atomic E-state index is 0.0280. The first-order valence-electron chi connectivity index (χ1n) is 6.65. The van der Waals surface area contributed by atoms with Crippen molar-refractivity contribution in [2.45, 2.75) is 32.2 Å². The molecule has 0 saturated carbocycles. The van der Waals surface area contributed by atoms with E-state index in [4.69, 9.17) is 4.74 Å². The highest BCUT2D eigenvalue weighted by molar-refractivity contribution is 5.48. The van der Waals surface area contributed by atoms with Crippen LogP contribution in [0.1, 0.15) is 26.2 Å². The molecule has 1 aromatic heterocycles. The smallest absolute Gasteiger partial charge is 0.168 e. The molecule has 1 fully saturated rings. The average Bonchev–Trinajstić information content (AvgIpc) is 2.42. The third-order valence-corrected chi connectivity index (χ3v) is 2.97. The summed E-state index contributed by atoms with van der Waals surface area (Å²) in [5.74, 6) is -1.18. The van der Waals surface area contributed by atoms with Crippen molar-refractivity contribution in [2.24, 2.45) is 0 Å². The molecule has 1 unspecified atom stereocenters. The van der Waals surface area contributed by atoms with Crippen molar-refractivity contribution < 1.29 is 13.5 Å². The summed E-state index contributed by atoms with van der Waals surface area (Å²) in [4.78, 5) is 3.98. The van der Waals surface area contributed by atoms with E-state index in [0.29, 0.717) is 13.2 Å². The molecule has 0 bridgehead atoms. The fourth-order valence-electron chi connectivity index (χ4n) is 1.98. The van der Waals surface area contributed by atoms with Crippen molar-refractivity contribution in [1.29, 1.82) is 0 Å². The monoisotopic (exact) mass is 271 g/mol. The molecule has 1 saturated heterocycles. The van der Waals surface area contributed by atoms with Gasteiger partial charge in [0.15, 0.2) is 23.3 Å². The molecule has 1 atom stereocenters. The third kappa shape index (κ3) is 3.76. The second-order valence-electron chi connectivity index (χ2n) is 4.63. The van der Waals surface area contributed by atoms with E-state index in [9.17, 15) is 8.78 Å². The number of rotatable bonds is 5. The Morgan fingerprint density at radius 1 is 1.37 bits per heavy atom. The van der Waals surface area contributed by atoms with Gasteiger partial charge in [-0.2, -0.15) is 0 Å². The molecule has 2 N–H and O–H groups in total. The van der Waals surface area contributed by atoms with Crippen LogP contribution in [-0.2, 0) is 4.74 Å². The molecule has 0 amide bonds. The molecule has 6 heteroatoms. The second kappa shape index (κ2) is 6.65. The van der Waals surface area contributed by atoms with Gasteiger partial charge in [0.2, 0.25) is 0 Å². The van der Waals surface area contributed by atoms with E-state index in [-0.39, 0.29) is 17.7 Å². The highest BCUT2D eigenvalue weighted by Crippen LogP contribution is 2.21. The summed E-state index contributed by atoms with van der Waals surface area (Å²) in [6, 6.07) is 0.886. The molecule has 0 aliphatic carbocycles. The van der Waals surface area contributed by atoms with Crippen molar-refractivity contribution in [3.05, 3.63) is 17.7 Å². The maximum absolute atomic E-state index is 13.7. The van der Waals surface area contributed by atoms with Crippen LogP contribution in [0.2, 0.25) is 0 Å². The number of hydrogen-bond donors (Lipinski definition) is 2. The molecule has 2 rings (SSSR count). The molecule has 0 aromatic carbocycles. The first-order valence-corrected chi connectivity index (χ1v) is 6.65. The Labute approximate surface area is 111 Å². The lowest BCUT2D eigenvalue weighted by atomic mass is 10.1. The topological polar surface area (TPSA) is 46.2 Å². The van der Waals surface area contributed by atoms with Gasteiger partial charge in [-0.15, -0.1) is 0 Å². The molecule has 19 heavy (non-hydrogen) atoms. The zero-order valence-electron chi connectivity index (χ0n) is 11.0. The fraction of sp³-hybridized carbons (Fsp3) is 0.615. The van der Waals surface area contributed by atoms with E-state index in [1.807, 2.05) is 6.92 Å². The van der Waals surface area contributed by atoms with Gasteiger partial charge in [0, 0.05) is 19.2 Å². The van der Waals surface area contributed by atoms with Gasteiger partial charge < -0.3 is 15.4 Å². The van der Waals surface area contributed by atoms with E-state index in [2.05, 4.69) is 15.6 Å². The Morgan fingerprint density at radius 2 is 2.16 bits per heavy atom. The fourth-order valence-corrected chi connectivity index (χ4v) is 1.98. The third-order valence-electron chi connectivity index (χ3n) is 2.97. The number of nitrogens with one attached hydrogen (secondary N) is 2. The molecular formula is C13H19F2N3O. The van der Waals surface area contributed by atoms with Crippen LogP contribution in [0.3, 0.4) is 0 Å². The maximum Gasteiger partial charge on any atom is 0.168 e. The number of hydrogen-bond acceptors (Lipinski definition) is 4. The lowest BCUT2D eigenvalue weighted by Gasteiger charge is -2.24. The lowest BCUT2D eigenvalue weighted by molar-refractivity contribution is 0.0874. The van der Waals surface area contributed by atoms with Gasteiger partial charge in [-0.05, 0) is 19.3 Å². The molecule has 4 nitrogen and oxygen atoms in total. The summed E-state index contributed by atoms with van der Waals surface area (Å²) in [7, 11) is 0. The van der Waals surface area contributed by atoms with E-state index < -0.39 is 11.6 Å². The van der Waals surface area contributed by atoms with Gasteiger partial charge >= 0.3 is 0 Å². The average molecular weight is 271 g/mol. The maximum atomic E-state index is 13.7. The number of nitrogens with zero attached hydrogens (tertiary/aromatic N) is 1. The van der Waals surface area contributed by atoms with Gasteiger partial charge in [0.1, 0.15) is 0 Å². The summed E-state index contributed by atoms with van der Waals surface area (Å²) in [6.45, 7) is 3.82. The predicted molar refractivity (Wildman–Crippen MR) is 70.4 cm³/mol. The Balaban J connectivity index is 2.09. The molecule has 1 aromatic rings. The van der Waals surface area contributed by atoms with E-state index in [0.717, 1.165) is 31.9 Å². The summed E-state index contributed by atoms with van der Waals surface area (Å²) in [5.41, 5.74) is 0. The van der Waals surface area contributed by atoms with Crippen LogP contribution in [0.5, 0.6) is 0 Å². The quantitative estimate of drug-likeness (QED) is 0.864. The molecule has 106 valence electrons. The van der Waals surface area contributed by atoms with Gasteiger partial charge in [0.25, 0.3) is 0 Å². The lowest BCUT2D eigenvalue weighted by Crippen LogP contribution is -2.30. The molecule has 1 aliphatic rings. The Morgan fingerprint density at radius 3 is 2.84 bits per heavy atom. The number of aromatic nitrogens is 1. The van der Waals surface area contributed by atoms with E-state index in [1.54, 1.807) is 0 Å². The number of anilines is 2. The molecule has 0 radical (unpaired) electrons. The van der Waals surface area contributed by atoms with Crippen LogP contribution < -0.4 is 10.6 Å². The largest absolute Gasteiger partial charge is 0.379 e. The van der Waals surface area contributed by atoms with Crippen molar-refractivity contribution in [1.82, 2.24) is 4.98 Å². The predicted octanol–water partition coefficient (Wildman–Crippen LogP) is 2.77. The zero-order chi connectivity index (χ0) is 13.7. The van der Waals surface area contributed by atoms with Crippen molar-refractivity contribution in [3.8, 4) is 0 Å². The Kier molecular flexibility index (Phi) is 4.90. The highest BCUT2D eigenvalue weighted by Gasteiger charge is 2.18. The summed E-state index contributed by atoms with van der Waals surface area (Å²) < 4.78 is 32.5. The first kappa shape index (κ1) is 14.0. The van der Waals surface area contributed by atoms with Crippen molar-refractivity contribution in [3.63, 3.8) is 0 Å². The summed E-state index contributed by atoms with van der Waals surface area (Å²) >= 11 is 0. The van der Waals surface area contributed by atoms with Gasteiger partial charge in [0.05, 0.1) is 12.6 Å². The highest BCUT2D eigenvalue weighted by atomic mass is 19.1. The van der Waals surface area contributed by atoms with Crippen LogP contribution in [0.4, 0.5) is 20.4 Å². The summed E-state index contributed by atoms with van der Waals surface area (Å²) in [6.07, 6.45) is 2.68. The van der Waals surface area contributed by atoms with Gasteiger partial charge in [-0.25, -0.2) is 13.8 Å². The van der Waals surface area contributed by atoms with E-state index in [1.165, 1.54) is 0 Å². The van der Waals surface area contributed by atoms with E-state index >= 15 is 0 Å². The number of ether oxygens (including phenoxy) is 1. The van der Waals surface area contributed by atoms with Gasteiger partial charge in [-0.1, -0.05) is 6.92 Å².